The quantitative estimate of drug-likeness (QED) is 0.429. The summed E-state index contributed by atoms with van der Waals surface area (Å²) in [4.78, 5) is 26.9. The van der Waals surface area contributed by atoms with Crippen molar-refractivity contribution in [2.45, 2.75) is 19.8 Å². The molecular formula is C26H32BrN5O2. The Labute approximate surface area is 209 Å². The molecule has 2 heterocycles. The molecule has 0 spiro atoms. The third kappa shape index (κ3) is 6.52. The molecule has 0 bridgehead atoms. The van der Waals surface area contributed by atoms with Crippen molar-refractivity contribution in [1.82, 2.24) is 20.2 Å². The van der Waals surface area contributed by atoms with Crippen LogP contribution in [-0.4, -0.2) is 73.3 Å². The van der Waals surface area contributed by atoms with Crippen LogP contribution in [0.4, 0.5) is 5.82 Å². The fourth-order valence-electron chi connectivity index (χ4n) is 4.15. The van der Waals surface area contributed by atoms with Crippen LogP contribution in [0.25, 0.3) is 22.3 Å². The zero-order valence-electron chi connectivity index (χ0n) is 19.7. The lowest BCUT2D eigenvalue weighted by molar-refractivity contribution is -0.121. The van der Waals surface area contributed by atoms with Gasteiger partial charge in [0, 0.05) is 61.1 Å². The Hall–Kier alpha value is -2.55. The van der Waals surface area contributed by atoms with Crippen LogP contribution >= 0.6 is 15.9 Å². The highest BCUT2D eigenvalue weighted by Crippen LogP contribution is 2.29. The zero-order chi connectivity index (χ0) is 23.8. The Balaban J connectivity index is 1.48. The summed E-state index contributed by atoms with van der Waals surface area (Å²) in [7, 11) is 0. The molecule has 7 nitrogen and oxygen atoms in total. The van der Waals surface area contributed by atoms with Crippen LogP contribution in [0.5, 0.6) is 0 Å². The zero-order valence-corrected chi connectivity index (χ0v) is 21.3. The van der Waals surface area contributed by atoms with Crippen molar-refractivity contribution in [3.63, 3.8) is 0 Å². The Morgan fingerprint density at radius 2 is 1.94 bits per heavy atom. The van der Waals surface area contributed by atoms with Gasteiger partial charge in [-0.15, -0.1) is 0 Å². The molecule has 34 heavy (non-hydrogen) atoms. The smallest absolute Gasteiger partial charge is 0.221 e. The average Bonchev–Trinajstić information content (AvgIpc) is 2.86. The van der Waals surface area contributed by atoms with Gasteiger partial charge in [-0.3, -0.25) is 9.69 Å². The number of ether oxygens (including phenoxy) is 1. The Morgan fingerprint density at radius 1 is 1.12 bits per heavy atom. The van der Waals surface area contributed by atoms with Crippen LogP contribution in [0.15, 0.2) is 53.0 Å². The number of aromatic nitrogens is 2. The van der Waals surface area contributed by atoms with Crippen LogP contribution in [0.3, 0.4) is 0 Å². The number of hydrogen-bond donors (Lipinski definition) is 1. The number of carbonyl (C=O) groups excluding carboxylic acids is 1. The SMILES string of the molecule is CCCN(CCC(=O)NCCN1CCOCC1)c1nc(-c2cccc(Br)c2)nc2ccccc12. The Morgan fingerprint density at radius 3 is 2.74 bits per heavy atom. The number of hydrogen-bond acceptors (Lipinski definition) is 6. The number of amides is 1. The Kier molecular flexibility index (Phi) is 8.85. The second-order valence-electron chi connectivity index (χ2n) is 8.44. The highest BCUT2D eigenvalue weighted by molar-refractivity contribution is 9.10. The second-order valence-corrected chi connectivity index (χ2v) is 9.36. The second kappa shape index (κ2) is 12.2. The molecule has 1 aliphatic rings. The molecular weight excluding hydrogens is 494 g/mol. The summed E-state index contributed by atoms with van der Waals surface area (Å²) in [6.45, 7) is 8.51. The molecule has 0 aliphatic carbocycles. The van der Waals surface area contributed by atoms with Gasteiger partial charge in [0.05, 0.1) is 18.7 Å². The van der Waals surface area contributed by atoms with E-state index in [-0.39, 0.29) is 5.91 Å². The lowest BCUT2D eigenvalue weighted by atomic mass is 10.1. The number of fused-ring (bicyclic) bond motifs is 1. The minimum Gasteiger partial charge on any atom is -0.379 e. The lowest BCUT2D eigenvalue weighted by Gasteiger charge is -2.27. The van der Waals surface area contributed by atoms with Crippen LogP contribution in [0, 0.1) is 0 Å². The number of morpholine rings is 1. The number of rotatable bonds is 10. The van der Waals surface area contributed by atoms with E-state index in [4.69, 9.17) is 14.7 Å². The van der Waals surface area contributed by atoms with Gasteiger partial charge in [-0.2, -0.15) is 0 Å². The summed E-state index contributed by atoms with van der Waals surface area (Å²) >= 11 is 3.55. The van der Waals surface area contributed by atoms with Gasteiger partial charge >= 0.3 is 0 Å². The number of para-hydroxylation sites is 1. The maximum absolute atomic E-state index is 12.6. The van der Waals surface area contributed by atoms with Crippen molar-refractivity contribution < 1.29 is 9.53 Å². The largest absolute Gasteiger partial charge is 0.379 e. The summed E-state index contributed by atoms with van der Waals surface area (Å²) < 4.78 is 6.37. The normalized spacial score (nSPS) is 14.3. The van der Waals surface area contributed by atoms with Crippen molar-refractivity contribution in [1.29, 1.82) is 0 Å². The molecule has 2 aromatic carbocycles. The van der Waals surface area contributed by atoms with E-state index in [1.54, 1.807) is 0 Å². The van der Waals surface area contributed by atoms with Gasteiger partial charge in [0.2, 0.25) is 5.91 Å². The third-order valence-electron chi connectivity index (χ3n) is 5.92. The predicted octanol–water partition coefficient (Wildman–Crippen LogP) is 4.11. The van der Waals surface area contributed by atoms with E-state index in [1.807, 2.05) is 42.5 Å². The number of nitrogens with one attached hydrogen (secondary N) is 1. The van der Waals surface area contributed by atoms with Crippen LogP contribution in [-0.2, 0) is 9.53 Å². The van der Waals surface area contributed by atoms with Crippen LogP contribution < -0.4 is 10.2 Å². The molecule has 1 N–H and O–H groups in total. The van der Waals surface area contributed by atoms with Crippen molar-refractivity contribution in [2.24, 2.45) is 0 Å². The summed E-state index contributed by atoms with van der Waals surface area (Å²) in [5.41, 5.74) is 1.86. The molecule has 3 aromatic rings. The van der Waals surface area contributed by atoms with Gasteiger partial charge in [-0.05, 0) is 30.7 Å². The molecule has 180 valence electrons. The Bertz CT molecular complexity index is 1100. The van der Waals surface area contributed by atoms with E-state index in [9.17, 15) is 4.79 Å². The third-order valence-corrected chi connectivity index (χ3v) is 6.41. The number of carbonyl (C=O) groups is 1. The first-order valence-electron chi connectivity index (χ1n) is 12.0. The lowest BCUT2D eigenvalue weighted by Crippen LogP contribution is -2.41. The molecule has 0 radical (unpaired) electrons. The van der Waals surface area contributed by atoms with E-state index >= 15 is 0 Å². The highest BCUT2D eigenvalue weighted by atomic mass is 79.9. The topological polar surface area (TPSA) is 70.6 Å². The standard InChI is InChI=1S/C26H32BrN5O2/c1-2-12-32(13-10-24(33)28-11-14-31-15-17-34-18-16-31)26-22-8-3-4-9-23(22)29-25(30-26)20-6-5-7-21(27)19-20/h3-9,19H,2,10-18H2,1H3,(H,28,33). The van der Waals surface area contributed by atoms with E-state index in [0.717, 1.165) is 72.6 Å². The molecule has 1 fully saturated rings. The molecule has 1 saturated heterocycles. The van der Waals surface area contributed by atoms with Crippen LogP contribution in [0.1, 0.15) is 19.8 Å². The number of halogens is 1. The van der Waals surface area contributed by atoms with Gasteiger partial charge in [-0.25, -0.2) is 9.97 Å². The van der Waals surface area contributed by atoms with Gasteiger partial charge in [0.25, 0.3) is 0 Å². The van der Waals surface area contributed by atoms with E-state index in [1.165, 1.54) is 0 Å². The number of anilines is 1. The predicted molar refractivity (Wildman–Crippen MR) is 140 cm³/mol. The minimum absolute atomic E-state index is 0.0694. The van der Waals surface area contributed by atoms with Crippen molar-refractivity contribution in [3.05, 3.63) is 53.0 Å². The maximum Gasteiger partial charge on any atom is 0.221 e. The fourth-order valence-corrected chi connectivity index (χ4v) is 4.55. The molecule has 0 atom stereocenters. The monoisotopic (exact) mass is 525 g/mol. The molecule has 0 saturated carbocycles. The summed E-state index contributed by atoms with van der Waals surface area (Å²) in [6, 6.07) is 16.1. The van der Waals surface area contributed by atoms with Crippen molar-refractivity contribution in [3.8, 4) is 11.4 Å². The summed E-state index contributed by atoms with van der Waals surface area (Å²) in [6.07, 6.45) is 1.39. The first kappa shape index (κ1) is 24.6. The molecule has 0 unspecified atom stereocenters. The minimum atomic E-state index is 0.0694. The van der Waals surface area contributed by atoms with Gasteiger partial charge in [-0.1, -0.05) is 47.1 Å². The summed E-state index contributed by atoms with van der Waals surface area (Å²) in [5, 5.41) is 4.08. The average molecular weight is 526 g/mol. The summed E-state index contributed by atoms with van der Waals surface area (Å²) in [5.74, 6) is 1.63. The highest BCUT2D eigenvalue weighted by Gasteiger charge is 2.17. The molecule has 1 amide bonds. The van der Waals surface area contributed by atoms with Gasteiger partial charge in [0.15, 0.2) is 5.82 Å². The molecule has 8 heteroatoms. The van der Waals surface area contributed by atoms with Crippen molar-refractivity contribution >= 4 is 38.6 Å². The van der Waals surface area contributed by atoms with E-state index < -0.39 is 0 Å². The van der Waals surface area contributed by atoms with Gasteiger partial charge in [0.1, 0.15) is 5.82 Å². The van der Waals surface area contributed by atoms with Gasteiger partial charge < -0.3 is 15.0 Å². The molecule has 1 aromatic heterocycles. The number of nitrogens with zero attached hydrogens (tertiary/aromatic N) is 4. The van der Waals surface area contributed by atoms with Crippen molar-refractivity contribution in [2.75, 3.05) is 57.4 Å². The van der Waals surface area contributed by atoms with E-state index in [0.29, 0.717) is 25.3 Å². The fraction of sp³-hybridized carbons (Fsp3) is 0.423. The van der Waals surface area contributed by atoms with Crippen LogP contribution in [0.2, 0.25) is 0 Å². The molecule has 1 aliphatic heterocycles. The van der Waals surface area contributed by atoms with E-state index in [2.05, 4.69) is 44.0 Å². The number of benzene rings is 2. The first-order valence-corrected chi connectivity index (χ1v) is 12.8. The maximum atomic E-state index is 12.6. The molecule has 4 rings (SSSR count). The first-order chi connectivity index (χ1) is 16.6.